The summed E-state index contributed by atoms with van der Waals surface area (Å²) in [5.74, 6) is 2.32. The molecule has 0 saturated carbocycles. The fourth-order valence-electron chi connectivity index (χ4n) is 3.28. The predicted molar refractivity (Wildman–Crippen MR) is 137 cm³/mol. The van der Waals surface area contributed by atoms with E-state index in [1.54, 1.807) is 21.3 Å². The van der Waals surface area contributed by atoms with Crippen LogP contribution in [-0.2, 0) is 20.7 Å². The van der Waals surface area contributed by atoms with Gasteiger partial charge in [-0.05, 0) is 66.4 Å². The third-order valence-corrected chi connectivity index (χ3v) is 11.1. The van der Waals surface area contributed by atoms with Gasteiger partial charge in [-0.3, -0.25) is 4.18 Å². The van der Waals surface area contributed by atoms with Crippen molar-refractivity contribution >= 4 is 18.4 Å². The molecule has 0 saturated heterocycles. The Balaban J connectivity index is 2.34. The van der Waals surface area contributed by atoms with Crippen molar-refractivity contribution in [2.75, 3.05) is 27.6 Å². The molecular formula is C25H38O7SSi. The van der Waals surface area contributed by atoms with Crippen molar-refractivity contribution < 1.29 is 31.2 Å². The quantitative estimate of drug-likeness (QED) is 0.281. The van der Waals surface area contributed by atoms with Crippen molar-refractivity contribution in [3.05, 3.63) is 47.5 Å². The smallest absolute Gasteiger partial charge is 0.264 e. The lowest BCUT2D eigenvalue weighted by Crippen LogP contribution is -2.43. The predicted octanol–water partition coefficient (Wildman–Crippen LogP) is 5.75. The van der Waals surface area contributed by atoms with Crippen molar-refractivity contribution in [1.29, 1.82) is 0 Å². The summed E-state index contributed by atoms with van der Waals surface area (Å²) in [7, 11) is -1.06. The van der Waals surface area contributed by atoms with Crippen molar-refractivity contribution in [2.24, 2.45) is 0 Å². The Kier molecular flexibility index (Phi) is 9.07. The van der Waals surface area contributed by atoms with E-state index in [0.29, 0.717) is 30.1 Å². The van der Waals surface area contributed by atoms with Gasteiger partial charge in [-0.15, -0.1) is 0 Å². The SMILES string of the molecule is COc1cc(CC[C@@H](OS(C)(=O)=O)c2cccc(O[Si](C)(C)C(C)(C)C)c2)cc(OC)c1OC. The number of methoxy groups -OCH3 is 3. The van der Waals surface area contributed by atoms with E-state index in [2.05, 4.69) is 33.9 Å². The number of ether oxygens (including phenoxy) is 3. The first-order valence-corrected chi connectivity index (χ1v) is 15.9. The van der Waals surface area contributed by atoms with Gasteiger partial charge in [-0.1, -0.05) is 32.9 Å². The highest BCUT2D eigenvalue weighted by Gasteiger charge is 2.39. The Labute approximate surface area is 205 Å². The van der Waals surface area contributed by atoms with Crippen LogP contribution in [0, 0.1) is 0 Å². The molecule has 190 valence electrons. The zero-order chi connectivity index (χ0) is 25.7. The van der Waals surface area contributed by atoms with Gasteiger partial charge in [0.05, 0.1) is 27.6 Å². The highest BCUT2D eigenvalue weighted by atomic mass is 32.2. The summed E-state index contributed by atoms with van der Waals surface area (Å²) in [6.07, 6.45) is 1.35. The Morgan fingerprint density at radius 2 is 1.53 bits per heavy atom. The van der Waals surface area contributed by atoms with Gasteiger partial charge in [0.2, 0.25) is 14.1 Å². The monoisotopic (exact) mass is 510 g/mol. The minimum atomic E-state index is -3.68. The fourth-order valence-corrected chi connectivity index (χ4v) is 4.94. The summed E-state index contributed by atoms with van der Waals surface area (Å²) < 4.78 is 52.3. The third kappa shape index (κ3) is 7.38. The maximum absolute atomic E-state index is 12.1. The van der Waals surface area contributed by atoms with E-state index in [0.717, 1.165) is 23.1 Å². The summed E-state index contributed by atoms with van der Waals surface area (Å²) in [6, 6.07) is 11.2. The fraction of sp³-hybridized carbons (Fsp3) is 0.520. The molecule has 0 N–H and O–H groups in total. The van der Waals surface area contributed by atoms with Crippen LogP contribution in [0.15, 0.2) is 36.4 Å². The minimum Gasteiger partial charge on any atom is -0.543 e. The molecule has 0 spiro atoms. The second kappa shape index (κ2) is 11.0. The third-order valence-electron chi connectivity index (χ3n) is 6.12. The Morgan fingerprint density at radius 3 is 2.00 bits per heavy atom. The second-order valence-corrected chi connectivity index (χ2v) is 16.1. The molecule has 34 heavy (non-hydrogen) atoms. The lowest BCUT2D eigenvalue weighted by Gasteiger charge is -2.36. The second-order valence-electron chi connectivity index (χ2n) is 9.80. The van der Waals surface area contributed by atoms with E-state index in [4.69, 9.17) is 22.8 Å². The maximum Gasteiger partial charge on any atom is 0.264 e. The van der Waals surface area contributed by atoms with E-state index in [1.165, 1.54) is 0 Å². The molecule has 0 amide bonds. The summed E-state index contributed by atoms with van der Waals surface area (Å²) in [5, 5.41) is 0.0398. The molecule has 0 radical (unpaired) electrons. The average molecular weight is 511 g/mol. The molecule has 0 aliphatic rings. The molecule has 0 heterocycles. The number of hydrogen-bond donors (Lipinski definition) is 0. The van der Waals surface area contributed by atoms with Crippen LogP contribution in [0.25, 0.3) is 0 Å². The van der Waals surface area contributed by atoms with Gasteiger partial charge in [0.15, 0.2) is 11.5 Å². The lowest BCUT2D eigenvalue weighted by atomic mass is 10.0. The van der Waals surface area contributed by atoms with Crippen molar-refractivity contribution in [2.45, 2.75) is 57.8 Å². The molecule has 1 atom stereocenters. The largest absolute Gasteiger partial charge is 0.543 e. The summed E-state index contributed by atoms with van der Waals surface area (Å²) in [4.78, 5) is 0. The van der Waals surface area contributed by atoms with Gasteiger partial charge in [-0.2, -0.15) is 8.42 Å². The van der Waals surface area contributed by atoms with E-state index in [9.17, 15) is 8.42 Å². The van der Waals surface area contributed by atoms with Crippen LogP contribution in [-0.4, -0.2) is 44.3 Å². The molecule has 0 aliphatic heterocycles. The molecule has 2 aromatic carbocycles. The lowest BCUT2D eigenvalue weighted by molar-refractivity contribution is 0.204. The average Bonchev–Trinajstić information content (AvgIpc) is 2.74. The molecule has 0 aliphatic carbocycles. The van der Waals surface area contributed by atoms with Crippen LogP contribution in [0.1, 0.15) is 44.4 Å². The number of benzene rings is 2. The summed E-state index contributed by atoms with van der Waals surface area (Å²) in [5.41, 5.74) is 1.65. The normalized spacial score (nSPS) is 13.3. The van der Waals surface area contributed by atoms with Crippen LogP contribution in [0.2, 0.25) is 18.1 Å². The first-order chi connectivity index (χ1) is 15.7. The van der Waals surface area contributed by atoms with Crippen molar-refractivity contribution in [1.82, 2.24) is 0 Å². The zero-order valence-electron chi connectivity index (χ0n) is 21.7. The van der Waals surface area contributed by atoms with Gasteiger partial charge < -0.3 is 18.6 Å². The molecule has 9 heteroatoms. The maximum atomic E-state index is 12.1. The highest BCUT2D eigenvalue weighted by molar-refractivity contribution is 7.86. The summed E-state index contributed by atoms with van der Waals surface area (Å²) >= 11 is 0. The van der Waals surface area contributed by atoms with Gasteiger partial charge in [0, 0.05) is 0 Å². The molecule has 0 aromatic heterocycles. The Bertz CT molecular complexity index is 1050. The van der Waals surface area contributed by atoms with Crippen LogP contribution < -0.4 is 18.6 Å². The standard InChI is InChI=1S/C25H38O7SSi/c1-25(2,3)34(8,9)32-20-12-10-11-19(17-20)21(31-33(7,26)27)14-13-18-15-22(28-4)24(30-6)23(16-18)29-5/h10-12,15-17,21H,13-14H2,1-9H3/t21-/m1/s1. The summed E-state index contributed by atoms with van der Waals surface area (Å²) in [6.45, 7) is 10.9. The highest BCUT2D eigenvalue weighted by Crippen LogP contribution is 2.40. The van der Waals surface area contributed by atoms with Gasteiger partial charge in [0.25, 0.3) is 10.1 Å². The Morgan fingerprint density at radius 1 is 0.941 bits per heavy atom. The molecule has 2 aromatic rings. The molecular weight excluding hydrogens is 472 g/mol. The first-order valence-electron chi connectivity index (χ1n) is 11.2. The van der Waals surface area contributed by atoms with E-state index in [1.807, 2.05) is 36.4 Å². The van der Waals surface area contributed by atoms with Gasteiger partial charge >= 0.3 is 0 Å². The van der Waals surface area contributed by atoms with Crippen LogP contribution in [0.4, 0.5) is 0 Å². The number of aryl methyl sites for hydroxylation is 1. The molecule has 0 fully saturated rings. The number of hydrogen-bond acceptors (Lipinski definition) is 7. The van der Waals surface area contributed by atoms with Gasteiger partial charge in [0.1, 0.15) is 11.9 Å². The molecule has 0 bridgehead atoms. The molecule has 2 rings (SSSR count). The zero-order valence-corrected chi connectivity index (χ0v) is 23.5. The topological polar surface area (TPSA) is 80.3 Å². The molecule has 0 unspecified atom stereocenters. The first kappa shape index (κ1) is 28.0. The minimum absolute atomic E-state index is 0.0398. The van der Waals surface area contributed by atoms with Crippen LogP contribution in [0.5, 0.6) is 23.0 Å². The van der Waals surface area contributed by atoms with Crippen LogP contribution in [0.3, 0.4) is 0 Å². The van der Waals surface area contributed by atoms with Gasteiger partial charge in [-0.25, -0.2) is 0 Å². The Hall–Kier alpha value is -2.23. The van der Waals surface area contributed by atoms with Crippen LogP contribution >= 0.6 is 0 Å². The van der Waals surface area contributed by atoms with E-state index < -0.39 is 24.5 Å². The van der Waals surface area contributed by atoms with E-state index in [-0.39, 0.29) is 5.04 Å². The molecule has 7 nitrogen and oxygen atoms in total. The van der Waals surface area contributed by atoms with Crippen molar-refractivity contribution in [3.8, 4) is 23.0 Å². The number of rotatable bonds is 11. The van der Waals surface area contributed by atoms with Crippen molar-refractivity contribution in [3.63, 3.8) is 0 Å². The van der Waals surface area contributed by atoms with E-state index >= 15 is 0 Å².